The minimum atomic E-state index is -3.87. The van der Waals surface area contributed by atoms with E-state index >= 15 is 0 Å². The summed E-state index contributed by atoms with van der Waals surface area (Å²) < 4.78 is 31.4. The predicted octanol–water partition coefficient (Wildman–Crippen LogP) is 5.19. The van der Waals surface area contributed by atoms with Crippen LogP contribution in [0.3, 0.4) is 0 Å². The fourth-order valence-electron chi connectivity index (χ4n) is 2.80. The highest BCUT2D eigenvalue weighted by molar-refractivity contribution is 9.10. The van der Waals surface area contributed by atoms with Gasteiger partial charge >= 0.3 is 5.69 Å². The zero-order valence-corrected chi connectivity index (χ0v) is 20.4. The van der Waals surface area contributed by atoms with Crippen LogP contribution in [0.15, 0.2) is 42.6 Å². The van der Waals surface area contributed by atoms with Gasteiger partial charge in [0.1, 0.15) is 5.69 Å². The van der Waals surface area contributed by atoms with Crippen molar-refractivity contribution in [1.82, 2.24) is 9.55 Å². The van der Waals surface area contributed by atoms with Gasteiger partial charge in [-0.05, 0) is 50.3 Å². The van der Waals surface area contributed by atoms with Crippen LogP contribution >= 0.6 is 39.0 Å². The van der Waals surface area contributed by atoms with E-state index in [9.17, 15) is 13.2 Å². The Morgan fingerprint density at radius 3 is 2.55 bits per heavy atom. The molecule has 0 aliphatic carbocycles. The van der Waals surface area contributed by atoms with Gasteiger partial charge in [-0.25, -0.2) is 13.2 Å². The minimum Gasteiger partial charge on any atom is -0.261 e. The molecule has 0 unspecified atom stereocenters. The Morgan fingerprint density at radius 1 is 1.21 bits per heavy atom. The van der Waals surface area contributed by atoms with Gasteiger partial charge in [-0.2, -0.15) is 4.98 Å². The van der Waals surface area contributed by atoms with Crippen LogP contribution in [-0.2, 0) is 10.0 Å². The molecule has 1 N–H and O–H groups in total. The summed E-state index contributed by atoms with van der Waals surface area (Å²) in [5.74, 6) is 0.982. The summed E-state index contributed by atoms with van der Waals surface area (Å²) >= 11 is 6.51. The molecule has 2 heterocycles. The maximum atomic E-state index is 12.8. The smallest absolute Gasteiger partial charge is 0.261 e. The Bertz CT molecular complexity index is 1140. The number of halogens is 1. The van der Waals surface area contributed by atoms with Crippen molar-refractivity contribution in [3.05, 3.63) is 49.8 Å². The van der Waals surface area contributed by atoms with Gasteiger partial charge in [0, 0.05) is 15.0 Å². The normalized spacial score (nSPS) is 11.9. The van der Waals surface area contributed by atoms with E-state index in [0.717, 1.165) is 44.3 Å². The highest BCUT2D eigenvalue weighted by Crippen LogP contribution is 2.38. The fourth-order valence-corrected chi connectivity index (χ4v) is 6.60. The van der Waals surface area contributed by atoms with Gasteiger partial charge in [0.2, 0.25) is 0 Å². The third-order valence-corrected chi connectivity index (χ3v) is 8.88. The Balaban J connectivity index is 2.04. The van der Waals surface area contributed by atoms with Crippen molar-refractivity contribution in [2.75, 3.05) is 10.5 Å². The van der Waals surface area contributed by atoms with Crippen molar-refractivity contribution in [3.63, 3.8) is 0 Å². The Morgan fingerprint density at radius 2 is 1.90 bits per heavy atom. The molecule has 0 radical (unpaired) electrons. The molecule has 0 saturated heterocycles. The van der Waals surface area contributed by atoms with Crippen LogP contribution in [-0.4, -0.2) is 23.7 Å². The molecule has 6 nitrogen and oxygen atoms in total. The molecule has 0 amide bonds. The highest BCUT2D eigenvalue weighted by Gasteiger charge is 2.26. The maximum absolute atomic E-state index is 12.8. The zero-order chi connectivity index (χ0) is 21.2. The molecule has 0 saturated carbocycles. The number of aryl methyl sites for hydroxylation is 1. The average molecular weight is 517 g/mol. The third kappa shape index (κ3) is 4.87. The summed E-state index contributed by atoms with van der Waals surface area (Å²) in [6.07, 6.45) is 3.32. The molecule has 0 atom stereocenters. The van der Waals surface area contributed by atoms with E-state index in [1.807, 2.05) is 13.8 Å². The van der Waals surface area contributed by atoms with E-state index in [1.54, 1.807) is 35.2 Å². The molecule has 0 spiro atoms. The van der Waals surface area contributed by atoms with Crippen molar-refractivity contribution >= 4 is 54.9 Å². The summed E-state index contributed by atoms with van der Waals surface area (Å²) in [5.41, 5.74) is 0.831. The lowest BCUT2D eigenvalue weighted by Crippen LogP contribution is -2.17. The number of nitrogens with zero attached hydrogens (tertiary/aromatic N) is 2. The number of fused-ring (bicyclic) bond motifs is 1. The van der Waals surface area contributed by atoms with E-state index in [4.69, 9.17) is 0 Å². The third-order valence-electron chi connectivity index (χ3n) is 4.47. The van der Waals surface area contributed by atoms with Crippen LogP contribution in [0.1, 0.15) is 36.8 Å². The number of benzene rings is 1. The van der Waals surface area contributed by atoms with Gasteiger partial charge in [0.05, 0.1) is 9.10 Å². The van der Waals surface area contributed by atoms with Crippen molar-refractivity contribution in [2.24, 2.45) is 0 Å². The van der Waals surface area contributed by atoms with Gasteiger partial charge in [-0.3, -0.25) is 9.29 Å². The summed E-state index contributed by atoms with van der Waals surface area (Å²) in [7, 11) is -3.87. The molecule has 2 aliphatic heterocycles. The number of rotatable bonds is 8. The summed E-state index contributed by atoms with van der Waals surface area (Å²) in [5, 5.41) is 0. The number of thioether (sulfide) groups is 1. The molecule has 29 heavy (non-hydrogen) atoms. The summed E-state index contributed by atoms with van der Waals surface area (Å²) in [4.78, 5) is 17.7. The second kappa shape index (κ2) is 9.20. The number of unbranched alkanes of at least 4 members (excludes halogenated alkanes) is 2. The highest BCUT2D eigenvalue weighted by atomic mass is 79.9. The molecule has 0 bridgehead atoms. The first-order valence-electron chi connectivity index (χ1n) is 9.18. The molecule has 0 fully saturated rings. The SMILES string of the molecule is CCCCCSc1sc(C)c(C)n2c(=O)nc(NS(=O)(=O)c3ccc(Br)cc3)c1-2. The second-order valence-electron chi connectivity index (χ2n) is 6.57. The van der Waals surface area contributed by atoms with Crippen LogP contribution in [0.25, 0.3) is 5.69 Å². The molecule has 10 heteroatoms. The predicted molar refractivity (Wildman–Crippen MR) is 124 cm³/mol. The fraction of sp³-hybridized carbons (Fsp3) is 0.368. The van der Waals surface area contributed by atoms with Crippen molar-refractivity contribution in [2.45, 2.75) is 49.1 Å². The minimum absolute atomic E-state index is 0.0789. The molecular formula is C19H22BrN3O3S3. The molecule has 2 aliphatic rings. The van der Waals surface area contributed by atoms with Gasteiger partial charge in [0.15, 0.2) is 5.82 Å². The lowest BCUT2D eigenvalue weighted by Gasteiger charge is -2.16. The zero-order valence-electron chi connectivity index (χ0n) is 16.4. The first-order chi connectivity index (χ1) is 13.7. The number of aromatic nitrogens is 2. The van der Waals surface area contributed by atoms with Crippen LogP contribution in [0.2, 0.25) is 0 Å². The topological polar surface area (TPSA) is 81.1 Å². The average Bonchev–Trinajstić information content (AvgIpc) is 2.98. The largest absolute Gasteiger partial charge is 0.354 e. The molecule has 3 rings (SSSR count). The Hall–Kier alpha value is -1.36. The molecule has 1 aromatic rings. The first-order valence-corrected chi connectivity index (χ1v) is 13.3. The number of nitrogens with one attached hydrogen (secondary N) is 1. The van der Waals surface area contributed by atoms with E-state index in [2.05, 4.69) is 32.6 Å². The second-order valence-corrected chi connectivity index (χ2v) is 11.8. The molecule has 1 aromatic carbocycles. The van der Waals surface area contributed by atoms with E-state index in [0.29, 0.717) is 5.69 Å². The van der Waals surface area contributed by atoms with Crippen LogP contribution < -0.4 is 10.4 Å². The van der Waals surface area contributed by atoms with Crippen molar-refractivity contribution < 1.29 is 8.42 Å². The standard InChI is InChI=1S/C19H22BrN3O3S3/c1-4-5-6-11-27-18-16-17(21-19(24)23(16)12(2)13(3)28-18)22-29(25,26)15-9-7-14(20)8-10-15/h7-10H,4-6,11H2,1-3H3,(H,21,22,24). The van der Waals surface area contributed by atoms with Gasteiger partial charge in [-0.15, -0.1) is 23.1 Å². The molecular weight excluding hydrogens is 494 g/mol. The monoisotopic (exact) mass is 515 g/mol. The summed E-state index contributed by atoms with van der Waals surface area (Å²) in [6, 6.07) is 6.31. The Kier molecular flexibility index (Phi) is 7.08. The van der Waals surface area contributed by atoms with Gasteiger partial charge in [-0.1, -0.05) is 35.7 Å². The summed E-state index contributed by atoms with van der Waals surface area (Å²) in [6.45, 7) is 5.96. The number of sulfonamides is 1. The van der Waals surface area contributed by atoms with Crippen LogP contribution in [0.5, 0.6) is 0 Å². The quantitative estimate of drug-likeness (QED) is 0.329. The van der Waals surface area contributed by atoms with Crippen LogP contribution in [0, 0.1) is 13.8 Å². The van der Waals surface area contributed by atoms with Gasteiger partial charge in [0.25, 0.3) is 10.0 Å². The van der Waals surface area contributed by atoms with E-state index in [-0.39, 0.29) is 10.7 Å². The number of imidazole rings is 1. The van der Waals surface area contributed by atoms with E-state index < -0.39 is 15.7 Å². The maximum Gasteiger partial charge on any atom is 0.354 e. The van der Waals surface area contributed by atoms with Crippen LogP contribution in [0.4, 0.5) is 5.82 Å². The van der Waals surface area contributed by atoms with Gasteiger partial charge < -0.3 is 0 Å². The number of hydrogen-bond donors (Lipinski definition) is 1. The van der Waals surface area contributed by atoms with E-state index in [1.165, 1.54) is 16.7 Å². The molecule has 156 valence electrons. The lowest BCUT2D eigenvalue weighted by atomic mass is 10.3. The molecule has 0 aromatic heterocycles. The van der Waals surface area contributed by atoms with Crippen molar-refractivity contribution in [1.29, 1.82) is 0 Å². The lowest BCUT2D eigenvalue weighted by molar-refractivity contribution is 0.601. The van der Waals surface area contributed by atoms with Crippen molar-refractivity contribution in [3.8, 4) is 5.69 Å². The number of anilines is 1. The first kappa shape index (κ1) is 22.3. The number of hydrogen-bond acceptors (Lipinski definition) is 6. The Labute approximate surface area is 187 Å².